The number of anilines is 2. The molecule has 3 N–H and O–H groups in total. The van der Waals surface area contributed by atoms with Gasteiger partial charge in [0.25, 0.3) is 5.91 Å². The molecule has 0 aromatic carbocycles. The van der Waals surface area contributed by atoms with E-state index >= 15 is 0 Å². The van der Waals surface area contributed by atoms with Crippen LogP contribution in [0, 0.1) is 6.92 Å². The number of fused-ring (bicyclic) bond motifs is 1. The summed E-state index contributed by atoms with van der Waals surface area (Å²) in [5, 5.41) is 14.6. The number of aryl methyl sites for hydroxylation is 1. The predicted molar refractivity (Wildman–Crippen MR) is 142 cm³/mol. The average molecular weight is 563 g/mol. The third-order valence-electron chi connectivity index (χ3n) is 7.32. The SMILES string of the molecule is Cc1c(CN2CCN(C(=O)C(C)(C)O)CC2)cc2c(N3CCOCC3)nc(-c3cnc(N)cc3C(F)(F)F)nn12. The van der Waals surface area contributed by atoms with E-state index in [1.165, 1.54) is 13.8 Å². The van der Waals surface area contributed by atoms with E-state index in [0.29, 0.717) is 70.4 Å². The first-order valence-electron chi connectivity index (χ1n) is 13.1. The van der Waals surface area contributed by atoms with Crippen molar-refractivity contribution < 1.29 is 27.8 Å². The number of morpholine rings is 1. The number of aliphatic hydroxyl groups is 1. The number of nitrogens with two attached hydrogens (primary N) is 1. The van der Waals surface area contributed by atoms with E-state index in [1.54, 1.807) is 9.42 Å². The molecule has 11 nitrogen and oxygen atoms in total. The summed E-state index contributed by atoms with van der Waals surface area (Å²) >= 11 is 0. The third-order valence-corrected chi connectivity index (χ3v) is 7.32. The normalized spacial score (nSPS) is 17.6. The summed E-state index contributed by atoms with van der Waals surface area (Å²) in [7, 11) is 0. The summed E-state index contributed by atoms with van der Waals surface area (Å²) in [6, 6.07) is 2.78. The van der Waals surface area contributed by atoms with Crippen LogP contribution in [0.25, 0.3) is 16.9 Å². The average Bonchev–Trinajstić information content (AvgIpc) is 3.22. The first-order valence-corrected chi connectivity index (χ1v) is 13.1. The van der Waals surface area contributed by atoms with Gasteiger partial charge in [0, 0.05) is 57.7 Å². The lowest BCUT2D eigenvalue weighted by Crippen LogP contribution is -2.53. The van der Waals surface area contributed by atoms with Crippen LogP contribution in [0.2, 0.25) is 0 Å². The number of piperazine rings is 1. The second-order valence-electron chi connectivity index (χ2n) is 10.7. The Balaban J connectivity index is 1.51. The molecular formula is C26H33F3N8O3. The molecule has 2 fully saturated rings. The van der Waals surface area contributed by atoms with Crippen LogP contribution >= 0.6 is 0 Å². The largest absolute Gasteiger partial charge is 0.417 e. The fourth-order valence-electron chi connectivity index (χ4n) is 5.11. The minimum absolute atomic E-state index is 0.0992. The Bertz CT molecular complexity index is 1400. The zero-order chi connectivity index (χ0) is 28.8. The molecule has 0 saturated carbocycles. The molecule has 216 valence electrons. The van der Waals surface area contributed by atoms with E-state index in [9.17, 15) is 23.1 Å². The van der Waals surface area contributed by atoms with Gasteiger partial charge in [-0.15, -0.1) is 5.10 Å². The Hall–Kier alpha value is -3.49. The smallest absolute Gasteiger partial charge is 0.384 e. The lowest BCUT2D eigenvalue weighted by Gasteiger charge is -2.37. The number of nitrogens with zero attached hydrogens (tertiary/aromatic N) is 7. The number of rotatable bonds is 5. The standard InChI is InChI=1S/C26H33F3N8O3/c1-16-17(15-34-4-6-36(7-5-34)24(38)25(2,3)39)12-20-23(35-8-10-40-11-9-35)32-22(33-37(16)20)18-14-31-21(30)13-19(18)26(27,28)29/h12-14,39H,4-11,15H2,1-3H3,(H2,30,31). The van der Waals surface area contributed by atoms with Crippen molar-refractivity contribution in [1.82, 2.24) is 29.4 Å². The van der Waals surface area contributed by atoms with Crippen LogP contribution < -0.4 is 10.6 Å². The molecule has 2 aliphatic rings. The molecule has 5 heterocycles. The highest BCUT2D eigenvalue weighted by atomic mass is 19.4. The van der Waals surface area contributed by atoms with E-state index in [4.69, 9.17) is 10.5 Å². The maximum atomic E-state index is 14.0. The summed E-state index contributed by atoms with van der Waals surface area (Å²) < 4.78 is 49.0. The highest BCUT2D eigenvalue weighted by Crippen LogP contribution is 2.37. The van der Waals surface area contributed by atoms with Gasteiger partial charge in [0.05, 0.1) is 24.3 Å². The summed E-state index contributed by atoms with van der Waals surface area (Å²) in [5.41, 5.74) is 5.38. The Labute approximate surface area is 229 Å². The molecule has 0 bridgehead atoms. The van der Waals surface area contributed by atoms with Crippen LogP contribution in [0.4, 0.5) is 24.8 Å². The molecule has 3 aromatic rings. The van der Waals surface area contributed by atoms with Crippen molar-refractivity contribution in [3.05, 3.63) is 35.2 Å². The van der Waals surface area contributed by atoms with E-state index in [2.05, 4.69) is 20.0 Å². The Morgan fingerprint density at radius 1 is 1.10 bits per heavy atom. The van der Waals surface area contributed by atoms with Gasteiger partial charge in [-0.2, -0.15) is 13.2 Å². The molecule has 0 spiro atoms. The van der Waals surface area contributed by atoms with Gasteiger partial charge in [0.15, 0.2) is 11.6 Å². The van der Waals surface area contributed by atoms with Gasteiger partial charge in [-0.1, -0.05) is 0 Å². The van der Waals surface area contributed by atoms with Crippen LogP contribution in [0.5, 0.6) is 0 Å². The molecule has 0 aliphatic carbocycles. The summed E-state index contributed by atoms with van der Waals surface area (Å²) in [6.07, 6.45) is -3.61. The predicted octanol–water partition coefficient (Wildman–Crippen LogP) is 1.95. The number of carbonyl (C=O) groups excluding carboxylic acids is 1. The molecule has 0 unspecified atom stereocenters. The van der Waals surface area contributed by atoms with Crippen molar-refractivity contribution in [1.29, 1.82) is 0 Å². The minimum Gasteiger partial charge on any atom is -0.384 e. The van der Waals surface area contributed by atoms with E-state index < -0.39 is 17.3 Å². The fraction of sp³-hybridized carbons (Fsp3) is 0.538. The zero-order valence-corrected chi connectivity index (χ0v) is 22.7. The zero-order valence-electron chi connectivity index (χ0n) is 22.7. The number of pyridine rings is 1. The van der Waals surface area contributed by atoms with Crippen LogP contribution in [-0.4, -0.2) is 98.5 Å². The lowest BCUT2D eigenvalue weighted by molar-refractivity contribution is -0.149. The minimum atomic E-state index is -4.67. The molecule has 2 saturated heterocycles. The van der Waals surface area contributed by atoms with Crippen molar-refractivity contribution in [3.8, 4) is 11.4 Å². The monoisotopic (exact) mass is 562 g/mol. The van der Waals surface area contributed by atoms with E-state index in [1.807, 2.05) is 17.9 Å². The Kier molecular flexibility index (Phi) is 7.35. The summed E-state index contributed by atoms with van der Waals surface area (Å²) in [4.78, 5) is 26.8. The quantitative estimate of drug-likeness (QED) is 0.480. The van der Waals surface area contributed by atoms with Crippen molar-refractivity contribution in [2.24, 2.45) is 0 Å². The molecule has 0 radical (unpaired) electrons. The Morgan fingerprint density at radius 2 is 1.77 bits per heavy atom. The lowest BCUT2D eigenvalue weighted by atomic mass is 10.1. The van der Waals surface area contributed by atoms with Gasteiger partial charge in [-0.25, -0.2) is 14.5 Å². The number of alkyl halides is 3. The van der Waals surface area contributed by atoms with Crippen molar-refractivity contribution in [3.63, 3.8) is 0 Å². The van der Waals surface area contributed by atoms with Gasteiger partial charge in [0.2, 0.25) is 0 Å². The van der Waals surface area contributed by atoms with Gasteiger partial charge in [-0.05, 0) is 38.5 Å². The summed E-state index contributed by atoms with van der Waals surface area (Å²) in [6.45, 7) is 9.64. The highest BCUT2D eigenvalue weighted by molar-refractivity contribution is 5.84. The number of carbonyl (C=O) groups is 1. The summed E-state index contributed by atoms with van der Waals surface area (Å²) in [5.74, 6) is -0.119. The maximum absolute atomic E-state index is 14.0. The van der Waals surface area contributed by atoms with Crippen molar-refractivity contribution in [2.45, 2.75) is 39.1 Å². The number of hydrogen-bond acceptors (Lipinski definition) is 9. The molecule has 5 rings (SSSR count). The van der Waals surface area contributed by atoms with E-state index in [-0.39, 0.29) is 23.1 Å². The van der Waals surface area contributed by atoms with Gasteiger partial charge in [0.1, 0.15) is 16.9 Å². The molecule has 1 amide bonds. The van der Waals surface area contributed by atoms with Crippen LogP contribution in [0.15, 0.2) is 18.3 Å². The maximum Gasteiger partial charge on any atom is 0.417 e. The van der Waals surface area contributed by atoms with Crippen LogP contribution in [0.3, 0.4) is 0 Å². The first-order chi connectivity index (χ1) is 18.8. The van der Waals surface area contributed by atoms with E-state index in [0.717, 1.165) is 23.5 Å². The second kappa shape index (κ2) is 10.5. The van der Waals surface area contributed by atoms with Crippen LogP contribution in [0.1, 0.15) is 30.7 Å². The fourth-order valence-corrected chi connectivity index (χ4v) is 5.11. The van der Waals surface area contributed by atoms with Crippen molar-refractivity contribution in [2.75, 3.05) is 63.1 Å². The highest BCUT2D eigenvalue weighted by Gasteiger charge is 2.36. The third kappa shape index (κ3) is 5.56. The molecule has 0 atom stereocenters. The molecular weight excluding hydrogens is 529 g/mol. The number of nitrogen functional groups attached to an aromatic ring is 1. The first kappa shape index (κ1) is 28.1. The van der Waals surface area contributed by atoms with Crippen molar-refractivity contribution >= 4 is 23.1 Å². The Morgan fingerprint density at radius 3 is 2.40 bits per heavy atom. The number of hydrogen-bond donors (Lipinski definition) is 2. The molecule has 14 heteroatoms. The number of ether oxygens (including phenoxy) is 1. The number of halogens is 3. The molecule has 3 aromatic heterocycles. The van der Waals surface area contributed by atoms with Gasteiger partial charge < -0.3 is 25.4 Å². The molecule has 2 aliphatic heterocycles. The number of aromatic nitrogens is 4. The van der Waals surface area contributed by atoms with Gasteiger partial charge >= 0.3 is 6.18 Å². The number of amides is 1. The topological polar surface area (TPSA) is 125 Å². The second-order valence-corrected chi connectivity index (χ2v) is 10.7. The van der Waals surface area contributed by atoms with Gasteiger partial charge in [-0.3, -0.25) is 9.69 Å². The van der Waals surface area contributed by atoms with Crippen LogP contribution in [-0.2, 0) is 22.3 Å². The molecule has 40 heavy (non-hydrogen) atoms.